The number of urea groups is 1. The first kappa shape index (κ1) is 22.6. The van der Waals surface area contributed by atoms with Crippen LogP contribution in [0, 0.1) is 10.8 Å². The van der Waals surface area contributed by atoms with Gasteiger partial charge in [0.2, 0.25) is 0 Å². The van der Waals surface area contributed by atoms with Crippen LogP contribution in [-0.2, 0) is 18.9 Å². The number of alkyl halides is 6. The molecule has 2 amide bonds. The van der Waals surface area contributed by atoms with Gasteiger partial charge in [0.25, 0.3) is 5.82 Å². The standard InChI is InChI=1S/C20H21F6N7O2/c21-19(22,23)14-27-11-33(29-14)13-1-17(2-13)7-31(8-17)16(34)32-9-18(10-32)5-30(6-18)3-12-4-35-15(28-12)20(24,25)26/h4,11,13H,1-3,5-10H2. The van der Waals surface area contributed by atoms with Gasteiger partial charge < -0.3 is 14.2 Å². The fraction of sp³-hybridized carbons (Fsp3) is 0.700. The van der Waals surface area contributed by atoms with Gasteiger partial charge in [-0.15, -0.1) is 5.10 Å². The first-order valence-corrected chi connectivity index (χ1v) is 11.1. The summed E-state index contributed by atoms with van der Waals surface area (Å²) in [5.74, 6) is -2.39. The Labute approximate surface area is 194 Å². The molecular formula is C20H21F6N7O2. The van der Waals surface area contributed by atoms with Crippen molar-refractivity contribution in [1.82, 2.24) is 34.4 Å². The van der Waals surface area contributed by atoms with Gasteiger partial charge in [-0.2, -0.15) is 26.3 Å². The second-order valence-electron chi connectivity index (χ2n) is 10.4. The number of hydrogen-bond acceptors (Lipinski definition) is 6. The van der Waals surface area contributed by atoms with Gasteiger partial charge in [0.1, 0.15) is 12.6 Å². The van der Waals surface area contributed by atoms with Gasteiger partial charge in [-0.05, 0) is 12.8 Å². The van der Waals surface area contributed by atoms with Gasteiger partial charge in [0.15, 0.2) is 0 Å². The highest BCUT2D eigenvalue weighted by atomic mass is 19.4. The maximum Gasteiger partial charge on any atom is 0.468 e. The third-order valence-corrected chi connectivity index (χ3v) is 7.42. The van der Waals surface area contributed by atoms with Crippen molar-refractivity contribution in [2.24, 2.45) is 10.8 Å². The third-order valence-electron chi connectivity index (χ3n) is 7.42. The molecule has 2 aromatic heterocycles. The lowest BCUT2D eigenvalue weighted by atomic mass is 9.60. The van der Waals surface area contributed by atoms with E-state index < -0.39 is 24.1 Å². The first-order valence-electron chi connectivity index (χ1n) is 11.1. The number of oxazole rings is 1. The fourth-order valence-corrected chi connectivity index (χ4v) is 5.92. The molecule has 0 unspecified atom stereocenters. The molecule has 0 bridgehead atoms. The third kappa shape index (κ3) is 3.83. The topological polar surface area (TPSA) is 83.5 Å². The molecule has 0 radical (unpaired) electrons. The number of nitrogens with zero attached hydrogens (tertiary/aromatic N) is 7. The highest BCUT2D eigenvalue weighted by molar-refractivity contribution is 5.77. The molecule has 1 aliphatic carbocycles. The van der Waals surface area contributed by atoms with Gasteiger partial charge in [0, 0.05) is 56.6 Å². The van der Waals surface area contributed by atoms with Crippen molar-refractivity contribution in [1.29, 1.82) is 0 Å². The maximum atomic E-state index is 12.8. The van der Waals surface area contributed by atoms with Crippen molar-refractivity contribution in [3.63, 3.8) is 0 Å². The lowest BCUT2D eigenvalue weighted by molar-refractivity contribution is -0.157. The first-order chi connectivity index (χ1) is 16.3. The van der Waals surface area contributed by atoms with E-state index in [2.05, 4.69) is 19.5 Å². The van der Waals surface area contributed by atoms with Gasteiger partial charge >= 0.3 is 24.3 Å². The summed E-state index contributed by atoms with van der Waals surface area (Å²) in [6.45, 7) is 3.96. The molecule has 6 rings (SSSR count). The molecule has 5 heterocycles. The van der Waals surface area contributed by atoms with Crippen LogP contribution in [0.15, 0.2) is 17.0 Å². The minimum atomic E-state index is -4.61. The van der Waals surface area contributed by atoms with Crippen LogP contribution in [-0.4, -0.2) is 79.7 Å². The van der Waals surface area contributed by atoms with E-state index in [-0.39, 0.29) is 35.1 Å². The molecule has 190 valence electrons. The monoisotopic (exact) mass is 505 g/mol. The Kier molecular flexibility index (Phi) is 4.59. The number of carbonyl (C=O) groups is 1. The minimum Gasteiger partial charge on any atom is -0.441 e. The van der Waals surface area contributed by atoms with E-state index in [1.165, 1.54) is 4.68 Å². The lowest BCUT2D eigenvalue weighted by Crippen LogP contribution is -2.75. The molecule has 0 N–H and O–H groups in total. The number of halogens is 6. The summed E-state index contributed by atoms with van der Waals surface area (Å²) >= 11 is 0. The van der Waals surface area contributed by atoms with Crippen molar-refractivity contribution in [2.75, 3.05) is 39.3 Å². The zero-order chi connectivity index (χ0) is 24.8. The lowest BCUT2D eigenvalue weighted by Gasteiger charge is -2.63. The van der Waals surface area contributed by atoms with Crippen LogP contribution >= 0.6 is 0 Å². The van der Waals surface area contributed by atoms with Crippen LogP contribution in [0.5, 0.6) is 0 Å². The zero-order valence-electron chi connectivity index (χ0n) is 18.3. The number of carbonyl (C=O) groups excluding carboxylic acids is 1. The van der Waals surface area contributed by atoms with Crippen LogP contribution in [0.3, 0.4) is 0 Å². The minimum absolute atomic E-state index is 0.0281. The van der Waals surface area contributed by atoms with Gasteiger partial charge in [0.05, 0.1) is 11.7 Å². The molecule has 2 aromatic rings. The molecule has 15 heteroatoms. The molecule has 35 heavy (non-hydrogen) atoms. The number of amides is 2. The molecule has 4 fully saturated rings. The second kappa shape index (κ2) is 7.11. The fourth-order valence-electron chi connectivity index (χ4n) is 5.92. The predicted octanol–water partition coefficient (Wildman–Crippen LogP) is 2.88. The molecule has 1 saturated carbocycles. The van der Waals surface area contributed by atoms with E-state index in [0.29, 0.717) is 52.1 Å². The smallest absolute Gasteiger partial charge is 0.441 e. The van der Waals surface area contributed by atoms with E-state index in [1.54, 1.807) is 9.80 Å². The number of likely N-dealkylation sites (tertiary alicyclic amines) is 3. The van der Waals surface area contributed by atoms with E-state index in [9.17, 15) is 31.1 Å². The number of aromatic nitrogens is 4. The quantitative estimate of drug-likeness (QED) is 0.597. The van der Waals surface area contributed by atoms with Gasteiger partial charge in [-0.1, -0.05) is 0 Å². The summed E-state index contributed by atoms with van der Waals surface area (Å²) in [5, 5.41) is 3.54. The SMILES string of the molecule is O=C(N1CC2(CC(n3cnc(C(F)(F)F)n3)C2)C1)N1CC2(CN(Cc3coc(C(F)(F)F)n3)C2)C1. The van der Waals surface area contributed by atoms with Crippen LogP contribution in [0.25, 0.3) is 0 Å². The Hall–Kier alpha value is -2.84. The van der Waals surface area contributed by atoms with Crippen molar-refractivity contribution < 1.29 is 35.6 Å². The normalized spacial score (nSPS) is 23.7. The average Bonchev–Trinajstić information content (AvgIpc) is 3.29. The summed E-state index contributed by atoms with van der Waals surface area (Å²) < 4.78 is 81.6. The molecule has 0 atom stereocenters. The molecule has 2 spiro atoms. The Bertz CT molecular complexity index is 1130. The number of rotatable bonds is 3. The van der Waals surface area contributed by atoms with Crippen molar-refractivity contribution >= 4 is 6.03 Å². The molecule has 3 saturated heterocycles. The molecule has 4 aliphatic rings. The highest BCUT2D eigenvalue weighted by Gasteiger charge is 2.58. The van der Waals surface area contributed by atoms with Crippen LogP contribution < -0.4 is 0 Å². The Morgan fingerprint density at radius 1 is 0.971 bits per heavy atom. The van der Waals surface area contributed by atoms with Crippen molar-refractivity contribution in [3.8, 4) is 0 Å². The van der Waals surface area contributed by atoms with E-state index in [0.717, 1.165) is 12.6 Å². The average molecular weight is 505 g/mol. The Morgan fingerprint density at radius 2 is 1.60 bits per heavy atom. The maximum absolute atomic E-state index is 12.8. The Balaban J connectivity index is 0.926. The predicted molar refractivity (Wildman–Crippen MR) is 103 cm³/mol. The molecule has 3 aliphatic heterocycles. The van der Waals surface area contributed by atoms with E-state index in [4.69, 9.17) is 0 Å². The summed E-state index contributed by atoms with van der Waals surface area (Å²) in [6, 6.07) is -0.185. The Morgan fingerprint density at radius 3 is 2.14 bits per heavy atom. The summed E-state index contributed by atoms with van der Waals surface area (Å²) in [7, 11) is 0. The zero-order valence-corrected chi connectivity index (χ0v) is 18.3. The van der Waals surface area contributed by atoms with Crippen molar-refractivity contribution in [2.45, 2.75) is 37.8 Å². The van der Waals surface area contributed by atoms with Crippen LogP contribution in [0.2, 0.25) is 0 Å². The molecule has 0 aromatic carbocycles. The molecular weight excluding hydrogens is 484 g/mol. The summed E-state index contributed by atoms with van der Waals surface area (Å²) in [4.78, 5) is 25.1. The number of hydrogen-bond donors (Lipinski definition) is 0. The van der Waals surface area contributed by atoms with E-state index >= 15 is 0 Å². The van der Waals surface area contributed by atoms with E-state index in [1.807, 2.05) is 4.90 Å². The molecule has 9 nitrogen and oxygen atoms in total. The van der Waals surface area contributed by atoms with Crippen LogP contribution in [0.1, 0.15) is 36.3 Å². The highest BCUT2D eigenvalue weighted by Crippen LogP contribution is 2.54. The summed E-state index contributed by atoms with van der Waals surface area (Å²) in [5.41, 5.74) is 0.136. The largest absolute Gasteiger partial charge is 0.468 e. The second-order valence-corrected chi connectivity index (χ2v) is 10.4. The van der Waals surface area contributed by atoms with Gasteiger partial charge in [-0.3, -0.25) is 4.90 Å². The van der Waals surface area contributed by atoms with Crippen LogP contribution in [0.4, 0.5) is 31.1 Å². The van der Waals surface area contributed by atoms with Gasteiger partial charge in [-0.25, -0.2) is 19.4 Å². The summed E-state index contributed by atoms with van der Waals surface area (Å²) in [6.07, 6.45) is -5.71. The van der Waals surface area contributed by atoms with Crippen molar-refractivity contribution in [3.05, 3.63) is 30.0 Å².